The van der Waals surface area contributed by atoms with E-state index in [0.717, 1.165) is 24.1 Å². The number of benzene rings is 1. The highest BCUT2D eigenvalue weighted by Crippen LogP contribution is 2.30. The summed E-state index contributed by atoms with van der Waals surface area (Å²) >= 11 is 0. The molecule has 5 nitrogen and oxygen atoms in total. The molecule has 1 saturated carbocycles. The Morgan fingerprint density at radius 2 is 2.05 bits per heavy atom. The minimum absolute atomic E-state index is 0.0764. The van der Waals surface area contributed by atoms with Crippen LogP contribution in [-0.2, 0) is 16.0 Å². The zero-order valence-electron chi connectivity index (χ0n) is 11.9. The first kappa shape index (κ1) is 14.1. The van der Waals surface area contributed by atoms with Crippen LogP contribution in [0.3, 0.4) is 0 Å². The predicted octanol–water partition coefficient (Wildman–Crippen LogP) is 1.20. The van der Waals surface area contributed by atoms with Crippen molar-refractivity contribution in [3.8, 4) is 0 Å². The highest BCUT2D eigenvalue weighted by Gasteiger charge is 2.33. The van der Waals surface area contributed by atoms with Gasteiger partial charge in [0.1, 0.15) is 6.04 Å². The molecule has 21 heavy (non-hydrogen) atoms. The number of fused-ring (bicyclic) bond motifs is 1. The molecule has 0 aromatic heterocycles. The average molecular weight is 288 g/mol. The van der Waals surface area contributed by atoms with Crippen molar-refractivity contribution in [2.75, 3.05) is 19.6 Å². The van der Waals surface area contributed by atoms with Crippen LogP contribution in [-0.4, -0.2) is 41.5 Å². The van der Waals surface area contributed by atoms with E-state index in [4.69, 9.17) is 0 Å². The van der Waals surface area contributed by atoms with Gasteiger partial charge in [0, 0.05) is 13.1 Å². The number of aliphatic carboxylic acids is 1. The highest BCUT2D eigenvalue weighted by atomic mass is 16.4. The van der Waals surface area contributed by atoms with E-state index in [0.29, 0.717) is 12.5 Å². The van der Waals surface area contributed by atoms with Crippen molar-refractivity contribution in [3.05, 3.63) is 35.4 Å². The van der Waals surface area contributed by atoms with E-state index in [1.54, 1.807) is 4.90 Å². The molecule has 1 heterocycles. The minimum atomic E-state index is -0.892. The Bertz CT molecular complexity index is 554. The van der Waals surface area contributed by atoms with Crippen LogP contribution in [0, 0.1) is 5.92 Å². The molecular formula is C16H20N2O3. The molecular weight excluding hydrogens is 268 g/mol. The maximum Gasteiger partial charge on any atom is 0.325 e. The molecule has 1 atom stereocenters. The van der Waals surface area contributed by atoms with Crippen LogP contribution in [0.5, 0.6) is 0 Å². The molecule has 1 unspecified atom stereocenters. The first-order valence-corrected chi connectivity index (χ1v) is 7.46. The van der Waals surface area contributed by atoms with Crippen LogP contribution in [0.15, 0.2) is 24.3 Å². The number of rotatable bonds is 5. The maximum absolute atomic E-state index is 12.0. The fraction of sp³-hybridized carbons (Fsp3) is 0.500. The lowest BCUT2D eigenvalue weighted by Gasteiger charge is -2.34. The Kier molecular flexibility index (Phi) is 3.92. The number of hydrogen-bond acceptors (Lipinski definition) is 3. The Balaban J connectivity index is 1.69. The second-order valence-corrected chi connectivity index (χ2v) is 5.91. The molecule has 0 saturated heterocycles. The zero-order chi connectivity index (χ0) is 14.8. The number of carbonyl (C=O) groups is 2. The standard InChI is InChI=1S/C16H20N2O3/c19-14(17-9-11-5-6-11)10-18-8-7-12-3-1-2-4-13(12)15(18)16(20)21/h1-4,11,15H,5-10H2,(H,17,19)(H,20,21). The second kappa shape index (κ2) is 5.85. The number of nitrogens with zero attached hydrogens (tertiary/aromatic N) is 1. The molecule has 3 rings (SSSR count). The van der Waals surface area contributed by atoms with Crippen LogP contribution in [0.25, 0.3) is 0 Å². The number of nitrogens with one attached hydrogen (secondary N) is 1. The first-order valence-electron chi connectivity index (χ1n) is 7.46. The molecule has 2 aliphatic rings. The van der Waals surface area contributed by atoms with E-state index >= 15 is 0 Å². The van der Waals surface area contributed by atoms with E-state index in [1.807, 2.05) is 24.3 Å². The van der Waals surface area contributed by atoms with Crippen molar-refractivity contribution < 1.29 is 14.7 Å². The molecule has 0 bridgehead atoms. The van der Waals surface area contributed by atoms with Gasteiger partial charge in [-0.15, -0.1) is 0 Å². The number of amides is 1. The van der Waals surface area contributed by atoms with Gasteiger partial charge < -0.3 is 10.4 Å². The first-order chi connectivity index (χ1) is 10.1. The predicted molar refractivity (Wildman–Crippen MR) is 77.8 cm³/mol. The van der Waals surface area contributed by atoms with Crippen molar-refractivity contribution >= 4 is 11.9 Å². The topological polar surface area (TPSA) is 69.6 Å². The van der Waals surface area contributed by atoms with Crippen LogP contribution in [0.2, 0.25) is 0 Å². The Morgan fingerprint density at radius 3 is 2.76 bits per heavy atom. The van der Waals surface area contributed by atoms with E-state index in [-0.39, 0.29) is 12.5 Å². The number of carboxylic acid groups (broad SMARTS) is 1. The molecule has 1 fully saturated rings. The molecule has 1 aliphatic carbocycles. The van der Waals surface area contributed by atoms with Crippen molar-refractivity contribution in [1.29, 1.82) is 0 Å². The Morgan fingerprint density at radius 1 is 1.29 bits per heavy atom. The lowest BCUT2D eigenvalue weighted by molar-refractivity contribution is -0.144. The van der Waals surface area contributed by atoms with Gasteiger partial charge in [-0.3, -0.25) is 14.5 Å². The fourth-order valence-electron chi connectivity index (χ4n) is 2.90. The van der Waals surface area contributed by atoms with Gasteiger partial charge in [-0.05, 0) is 36.3 Å². The van der Waals surface area contributed by atoms with Gasteiger partial charge >= 0.3 is 5.97 Å². The summed E-state index contributed by atoms with van der Waals surface area (Å²) in [5.74, 6) is -0.337. The van der Waals surface area contributed by atoms with Gasteiger partial charge in [0.2, 0.25) is 5.91 Å². The van der Waals surface area contributed by atoms with Gasteiger partial charge in [-0.25, -0.2) is 0 Å². The molecule has 1 aromatic carbocycles. The SMILES string of the molecule is O=C(CN1CCc2ccccc2C1C(=O)O)NCC1CC1. The van der Waals surface area contributed by atoms with E-state index in [9.17, 15) is 14.7 Å². The Hall–Kier alpha value is -1.88. The summed E-state index contributed by atoms with van der Waals surface area (Å²) in [5.41, 5.74) is 1.88. The number of carbonyl (C=O) groups excluding carboxylic acids is 1. The van der Waals surface area contributed by atoms with Gasteiger partial charge in [0.05, 0.1) is 6.54 Å². The molecule has 5 heteroatoms. The summed E-state index contributed by atoms with van der Waals surface area (Å²) < 4.78 is 0. The molecule has 112 valence electrons. The maximum atomic E-state index is 12.0. The minimum Gasteiger partial charge on any atom is -0.480 e. The van der Waals surface area contributed by atoms with Gasteiger partial charge in [-0.2, -0.15) is 0 Å². The third-order valence-corrected chi connectivity index (χ3v) is 4.25. The summed E-state index contributed by atoms with van der Waals surface area (Å²) in [7, 11) is 0. The van der Waals surface area contributed by atoms with Gasteiger partial charge in [0.15, 0.2) is 0 Å². The molecule has 0 spiro atoms. The summed E-state index contributed by atoms with van der Waals surface area (Å²) in [4.78, 5) is 25.3. The summed E-state index contributed by atoms with van der Waals surface area (Å²) in [5, 5.41) is 12.4. The monoisotopic (exact) mass is 288 g/mol. The molecule has 1 amide bonds. The molecule has 0 radical (unpaired) electrons. The van der Waals surface area contributed by atoms with Gasteiger partial charge in [-0.1, -0.05) is 24.3 Å². The van der Waals surface area contributed by atoms with Crippen molar-refractivity contribution in [3.63, 3.8) is 0 Å². The molecule has 1 aromatic rings. The zero-order valence-corrected chi connectivity index (χ0v) is 11.9. The van der Waals surface area contributed by atoms with E-state index in [1.165, 1.54) is 12.8 Å². The van der Waals surface area contributed by atoms with E-state index in [2.05, 4.69) is 5.32 Å². The summed E-state index contributed by atoms with van der Waals surface area (Å²) in [6, 6.07) is 6.88. The largest absolute Gasteiger partial charge is 0.480 e. The van der Waals surface area contributed by atoms with Crippen LogP contribution in [0.1, 0.15) is 30.0 Å². The second-order valence-electron chi connectivity index (χ2n) is 5.91. The van der Waals surface area contributed by atoms with Crippen LogP contribution < -0.4 is 5.32 Å². The lowest BCUT2D eigenvalue weighted by Crippen LogP contribution is -2.45. The smallest absolute Gasteiger partial charge is 0.325 e. The fourth-order valence-corrected chi connectivity index (χ4v) is 2.90. The number of hydrogen-bond donors (Lipinski definition) is 2. The third kappa shape index (κ3) is 3.24. The normalized spacial score (nSPS) is 21.6. The van der Waals surface area contributed by atoms with E-state index < -0.39 is 12.0 Å². The van der Waals surface area contributed by atoms with Crippen LogP contribution >= 0.6 is 0 Å². The van der Waals surface area contributed by atoms with Crippen molar-refractivity contribution in [2.24, 2.45) is 5.92 Å². The molecule has 2 N–H and O–H groups in total. The summed E-state index contributed by atoms with van der Waals surface area (Å²) in [6.07, 6.45) is 3.17. The average Bonchev–Trinajstić information content (AvgIpc) is 3.28. The highest BCUT2D eigenvalue weighted by molar-refractivity contribution is 5.81. The quantitative estimate of drug-likeness (QED) is 0.854. The third-order valence-electron chi connectivity index (χ3n) is 4.25. The number of carboxylic acids is 1. The Labute approximate surface area is 123 Å². The lowest BCUT2D eigenvalue weighted by atomic mass is 9.92. The van der Waals surface area contributed by atoms with Gasteiger partial charge in [0.25, 0.3) is 0 Å². The molecule has 1 aliphatic heterocycles. The van der Waals surface area contributed by atoms with Crippen LogP contribution in [0.4, 0.5) is 0 Å². The van der Waals surface area contributed by atoms with Crippen molar-refractivity contribution in [2.45, 2.75) is 25.3 Å². The van der Waals surface area contributed by atoms with Crippen molar-refractivity contribution in [1.82, 2.24) is 10.2 Å². The summed E-state index contributed by atoms with van der Waals surface area (Å²) in [6.45, 7) is 1.48.